The van der Waals surface area contributed by atoms with Gasteiger partial charge >= 0.3 is 0 Å². The molecule has 2 N–H and O–H groups in total. The van der Waals surface area contributed by atoms with E-state index in [2.05, 4.69) is 19.9 Å². The summed E-state index contributed by atoms with van der Waals surface area (Å²) in [4.78, 5) is 31.8. The number of amides is 2. The molecule has 1 aromatic carbocycles. The number of oxazole rings is 1. The van der Waals surface area contributed by atoms with Crippen molar-refractivity contribution in [3.63, 3.8) is 0 Å². The lowest BCUT2D eigenvalue weighted by Crippen LogP contribution is -2.32. The van der Waals surface area contributed by atoms with E-state index >= 15 is 0 Å². The van der Waals surface area contributed by atoms with Crippen molar-refractivity contribution in [1.29, 1.82) is 0 Å². The minimum atomic E-state index is -3.59. The van der Waals surface area contributed by atoms with Crippen molar-refractivity contribution in [1.82, 2.24) is 19.9 Å². The number of rotatable bonds is 15. The summed E-state index contributed by atoms with van der Waals surface area (Å²) in [5, 5.41) is 2.99. The van der Waals surface area contributed by atoms with Crippen molar-refractivity contribution < 1.29 is 27.2 Å². The van der Waals surface area contributed by atoms with E-state index < -0.39 is 15.9 Å². The molecule has 2 aliphatic rings. The molecule has 1 saturated heterocycles. The SMILES string of the molecule is CCS(=O)(=O)NC(=O)CCc1ccc(OC)cc1CN1CCC[C@H]1c1nc(C(=O)NCCCCC2CCCCC2)co1. The minimum Gasteiger partial charge on any atom is -0.497 e. The van der Waals surface area contributed by atoms with Gasteiger partial charge in [-0.25, -0.2) is 13.4 Å². The van der Waals surface area contributed by atoms with E-state index in [4.69, 9.17) is 9.15 Å². The summed E-state index contributed by atoms with van der Waals surface area (Å²) in [6.07, 6.45) is 13.9. The van der Waals surface area contributed by atoms with Gasteiger partial charge in [0.05, 0.1) is 18.9 Å². The third-order valence-corrected chi connectivity index (χ3v) is 9.81. The maximum atomic E-state index is 12.7. The standard InChI is InChI=1S/C31H46N4O6S/c1-3-42(38,39)34-29(36)17-15-24-14-16-26(40-2)20-25(24)21-35-19-9-13-28(35)31-33-27(22-41-31)30(37)32-18-8-7-12-23-10-5-4-6-11-23/h14,16,20,22-23,28H,3-13,15,17-19,21H2,1-2H3,(H,32,37)(H,34,36)/t28-/m0/s1. The monoisotopic (exact) mass is 602 g/mol. The second-order valence-electron chi connectivity index (χ2n) is 11.5. The van der Waals surface area contributed by atoms with Crippen LogP contribution in [-0.4, -0.2) is 56.1 Å². The summed E-state index contributed by atoms with van der Waals surface area (Å²) in [5.41, 5.74) is 2.24. The van der Waals surface area contributed by atoms with Gasteiger partial charge in [0.2, 0.25) is 21.8 Å². The van der Waals surface area contributed by atoms with Gasteiger partial charge in [0.15, 0.2) is 5.69 Å². The zero-order valence-electron chi connectivity index (χ0n) is 25.0. The lowest BCUT2D eigenvalue weighted by atomic mass is 9.86. The highest BCUT2D eigenvalue weighted by molar-refractivity contribution is 7.90. The number of sulfonamides is 1. The van der Waals surface area contributed by atoms with E-state index in [-0.39, 0.29) is 24.1 Å². The molecule has 4 rings (SSSR count). The number of nitrogens with zero attached hydrogens (tertiary/aromatic N) is 2. The Hall–Kier alpha value is -2.92. The topological polar surface area (TPSA) is 131 Å². The Kier molecular flexibility index (Phi) is 11.8. The predicted octanol–water partition coefficient (Wildman–Crippen LogP) is 4.90. The third-order valence-electron chi connectivity index (χ3n) is 8.51. The van der Waals surface area contributed by atoms with Crippen LogP contribution in [-0.2, 0) is 27.8 Å². The van der Waals surface area contributed by atoms with Gasteiger partial charge in [0, 0.05) is 19.5 Å². The molecular formula is C31H46N4O6S. The quantitative estimate of drug-likeness (QED) is 0.275. The van der Waals surface area contributed by atoms with Crippen molar-refractivity contribution in [3.8, 4) is 5.75 Å². The molecule has 1 aromatic heterocycles. The summed E-state index contributed by atoms with van der Waals surface area (Å²) in [6, 6.07) is 5.65. The fourth-order valence-corrected chi connectivity index (χ4v) is 6.64. The highest BCUT2D eigenvalue weighted by atomic mass is 32.2. The normalized spacial score (nSPS) is 18.2. The first kappa shape index (κ1) is 32.0. The number of aromatic nitrogens is 1. The zero-order valence-corrected chi connectivity index (χ0v) is 25.8. The molecular weight excluding hydrogens is 556 g/mol. The van der Waals surface area contributed by atoms with E-state index in [1.807, 2.05) is 18.2 Å². The first-order valence-electron chi connectivity index (χ1n) is 15.4. The molecule has 1 aliphatic heterocycles. The second kappa shape index (κ2) is 15.5. The lowest BCUT2D eigenvalue weighted by molar-refractivity contribution is -0.119. The van der Waals surface area contributed by atoms with Crippen molar-refractivity contribution in [3.05, 3.63) is 47.2 Å². The van der Waals surface area contributed by atoms with Crippen molar-refractivity contribution in [2.45, 2.75) is 96.6 Å². The first-order valence-corrected chi connectivity index (χ1v) is 17.1. The van der Waals surface area contributed by atoms with Gasteiger partial charge in [-0.2, -0.15) is 0 Å². The van der Waals surface area contributed by atoms with Gasteiger partial charge in [0.1, 0.15) is 12.0 Å². The average molecular weight is 603 g/mol. The highest BCUT2D eigenvalue weighted by Crippen LogP contribution is 2.34. The Balaban J connectivity index is 1.32. The number of aryl methyl sites for hydroxylation is 1. The number of ether oxygens (including phenoxy) is 1. The number of methoxy groups -OCH3 is 1. The molecule has 0 radical (unpaired) electrons. The van der Waals surface area contributed by atoms with Crippen LogP contribution in [0.5, 0.6) is 5.75 Å². The molecule has 2 fully saturated rings. The van der Waals surface area contributed by atoms with Gasteiger partial charge < -0.3 is 14.5 Å². The number of nitrogens with one attached hydrogen (secondary N) is 2. The summed E-state index contributed by atoms with van der Waals surface area (Å²) in [6.45, 7) is 3.55. The second-order valence-corrected chi connectivity index (χ2v) is 13.5. The van der Waals surface area contributed by atoms with E-state index in [0.29, 0.717) is 36.8 Å². The average Bonchev–Trinajstić information content (AvgIpc) is 3.66. The molecule has 2 amide bonds. The summed E-state index contributed by atoms with van der Waals surface area (Å²) in [5.74, 6) is 1.23. The molecule has 0 bridgehead atoms. The van der Waals surface area contributed by atoms with Crippen LogP contribution >= 0.6 is 0 Å². The molecule has 0 unspecified atom stereocenters. The van der Waals surface area contributed by atoms with Crippen LogP contribution in [0.2, 0.25) is 0 Å². The minimum absolute atomic E-state index is 0.0563. The van der Waals surface area contributed by atoms with Gasteiger partial charge in [-0.1, -0.05) is 51.0 Å². The number of likely N-dealkylation sites (tertiary alicyclic amines) is 1. The molecule has 232 valence electrons. The lowest BCUT2D eigenvalue weighted by Gasteiger charge is -2.23. The number of carbonyl (C=O) groups excluding carboxylic acids is 2. The number of unbranched alkanes of at least 4 members (excludes halogenated alkanes) is 1. The molecule has 1 saturated carbocycles. The fourth-order valence-electron chi connectivity index (χ4n) is 6.05. The highest BCUT2D eigenvalue weighted by Gasteiger charge is 2.31. The van der Waals surface area contributed by atoms with Crippen molar-refractivity contribution >= 4 is 21.8 Å². The maximum absolute atomic E-state index is 12.7. The predicted molar refractivity (Wildman–Crippen MR) is 161 cm³/mol. The molecule has 1 aliphatic carbocycles. The van der Waals surface area contributed by atoms with Crippen LogP contribution in [0.3, 0.4) is 0 Å². The van der Waals surface area contributed by atoms with Crippen LogP contribution in [0, 0.1) is 5.92 Å². The molecule has 2 heterocycles. The van der Waals surface area contributed by atoms with E-state index in [1.54, 1.807) is 7.11 Å². The van der Waals surface area contributed by atoms with E-state index in [9.17, 15) is 18.0 Å². The summed E-state index contributed by atoms with van der Waals surface area (Å²) >= 11 is 0. The van der Waals surface area contributed by atoms with E-state index in [0.717, 1.165) is 49.3 Å². The molecule has 2 aromatic rings. The van der Waals surface area contributed by atoms with Crippen LogP contribution in [0.25, 0.3) is 0 Å². The van der Waals surface area contributed by atoms with Crippen LogP contribution < -0.4 is 14.8 Å². The smallest absolute Gasteiger partial charge is 0.273 e. The van der Waals surface area contributed by atoms with Gasteiger partial charge in [0.25, 0.3) is 5.91 Å². The molecule has 11 heteroatoms. The molecule has 10 nitrogen and oxygen atoms in total. The summed E-state index contributed by atoms with van der Waals surface area (Å²) < 4.78 is 36.9. The van der Waals surface area contributed by atoms with Gasteiger partial charge in [-0.05, 0) is 68.3 Å². The molecule has 1 atom stereocenters. The number of benzene rings is 1. The van der Waals surface area contributed by atoms with Crippen LogP contribution in [0.4, 0.5) is 0 Å². The Morgan fingerprint density at radius 2 is 1.90 bits per heavy atom. The zero-order chi connectivity index (χ0) is 30.0. The Morgan fingerprint density at radius 3 is 2.67 bits per heavy atom. The largest absolute Gasteiger partial charge is 0.497 e. The van der Waals surface area contributed by atoms with Crippen LogP contribution in [0.1, 0.15) is 111 Å². The Morgan fingerprint density at radius 1 is 1.10 bits per heavy atom. The third kappa shape index (κ3) is 9.29. The van der Waals surface area contributed by atoms with Crippen molar-refractivity contribution in [2.24, 2.45) is 5.92 Å². The van der Waals surface area contributed by atoms with E-state index in [1.165, 1.54) is 51.7 Å². The molecule has 0 spiro atoms. The summed E-state index contributed by atoms with van der Waals surface area (Å²) in [7, 11) is -1.98. The van der Waals surface area contributed by atoms with Gasteiger partial charge in [-0.15, -0.1) is 0 Å². The fraction of sp³-hybridized carbons (Fsp3) is 0.645. The number of hydrogen-bond acceptors (Lipinski definition) is 8. The van der Waals surface area contributed by atoms with Crippen LogP contribution in [0.15, 0.2) is 28.9 Å². The number of hydrogen-bond donors (Lipinski definition) is 2. The maximum Gasteiger partial charge on any atom is 0.273 e. The van der Waals surface area contributed by atoms with Crippen molar-refractivity contribution in [2.75, 3.05) is 26.0 Å². The molecule has 42 heavy (non-hydrogen) atoms. The number of carbonyl (C=O) groups is 2. The van der Waals surface area contributed by atoms with Gasteiger partial charge in [-0.3, -0.25) is 19.2 Å². The first-order chi connectivity index (χ1) is 20.3. The Bertz CT molecular complexity index is 1290. The Labute approximate surface area is 250 Å².